The van der Waals surface area contributed by atoms with Gasteiger partial charge in [-0.1, -0.05) is 12.1 Å². The number of hydrogen-bond acceptors (Lipinski definition) is 4. The van der Waals surface area contributed by atoms with Crippen LogP contribution in [-0.4, -0.2) is 54.9 Å². The standard InChI is InChI=1S/C13H21N3O/c1-15-6-8-16(9-7-15)10-12-2-4-13(5-3-12)14-11-17/h2-5,14,17H,6-11H2,1H3. The van der Waals surface area contributed by atoms with Gasteiger partial charge >= 0.3 is 0 Å². The third-order valence-electron chi connectivity index (χ3n) is 3.24. The highest BCUT2D eigenvalue weighted by molar-refractivity contribution is 5.44. The zero-order valence-electron chi connectivity index (χ0n) is 10.4. The second kappa shape index (κ2) is 6.00. The van der Waals surface area contributed by atoms with E-state index in [1.165, 1.54) is 5.56 Å². The van der Waals surface area contributed by atoms with E-state index in [9.17, 15) is 0 Å². The van der Waals surface area contributed by atoms with Gasteiger partial charge in [0.05, 0.1) is 0 Å². The minimum Gasteiger partial charge on any atom is -0.377 e. The van der Waals surface area contributed by atoms with Crippen LogP contribution < -0.4 is 5.32 Å². The van der Waals surface area contributed by atoms with E-state index in [4.69, 9.17) is 5.11 Å². The molecule has 17 heavy (non-hydrogen) atoms. The summed E-state index contributed by atoms with van der Waals surface area (Å²) in [6.07, 6.45) is 0. The Balaban J connectivity index is 1.86. The summed E-state index contributed by atoms with van der Waals surface area (Å²) >= 11 is 0. The Labute approximate surface area is 103 Å². The highest BCUT2D eigenvalue weighted by Gasteiger charge is 2.13. The number of anilines is 1. The van der Waals surface area contributed by atoms with Gasteiger partial charge in [0.2, 0.25) is 0 Å². The van der Waals surface area contributed by atoms with Gasteiger partial charge in [-0.2, -0.15) is 0 Å². The molecule has 0 aliphatic carbocycles. The Bertz CT molecular complexity index is 331. The first kappa shape index (κ1) is 12.4. The summed E-state index contributed by atoms with van der Waals surface area (Å²) in [6.45, 7) is 5.61. The molecule has 1 aliphatic rings. The number of aliphatic hydroxyl groups excluding tert-OH is 1. The highest BCUT2D eigenvalue weighted by atomic mass is 16.3. The summed E-state index contributed by atoms with van der Waals surface area (Å²) in [7, 11) is 2.17. The van der Waals surface area contributed by atoms with Gasteiger partial charge in [-0.15, -0.1) is 0 Å². The van der Waals surface area contributed by atoms with Crippen LogP contribution in [0.3, 0.4) is 0 Å². The van der Waals surface area contributed by atoms with Crippen molar-refractivity contribution in [1.82, 2.24) is 9.80 Å². The van der Waals surface area contributed by atoms with Gasteiger partial charge in [-0.25, -0.2) is 0 Å². The lowest BCUT2D eigenvalue weighted by Crippen LogP contribution is -2.43. The van der Waals surface area contributed by atoms with Gasteiger partial charge in [-0.3, -0.25) is 4.90 Å². The molecule has 0 unspecified atom stereocenters. The zero-order chi connectivity index (χ0) is 12.1. The van der Waals surface area contributed by atoms with Crippen molar-refractivity contribution in [1.29, 1.82) is 0 Å². The fourth-order valence-electron chi connectivity index (χ4n) is 2.08. The van der Waals surface area contributed by atoms with E-state index >= 15 is 0 Å². The number of piperazine rings is 1. The molecule has 2 N–H and O–H groups in total. The molecule has 0 amide bonds. The number of likely N-dealkylation sites (N-methyl/N-ethyl adjacent to an activating group) is 1. The SMILES string of the molecule is CN1CCN(Cc2ccc(NCO)cc2)CC1. The van der Waals surface area contributed by atoms with Crippen molar-refractivity contribution < 1.29 is 5.11 Å². The lowest BCUT2D eigenvalue weighted by Gasteiger charge is -2.32. The summed E-state index contributed by atoms with van der Waals surface area (Å²) in [5, 5.41) is 11.6. The van der Waals surface area contributed by atoms with Crippen LogP contribution in [0.25, 0.3) is 0 Å². The predicted octanol–water partition coefficient (Wildman–Crippen LogP) is 0.796. The van der Waals surface area contributed by atoms with Crippen molar-refractivity contribution in [2.75, 3.05) is 45.3 Å². The molecule has 4 nitrogen and oxygen atoms in total. The van der Waals surface area contributed by atoms with Gasteiger partial charge in [0.1, 0.15) is 6.73 Å². The average Bonchev–Trinajstić information content (AvgIpc) is 2.35. The lowest BCUT2D eigenvalue weighted by atomic mass is 10.2. The van der Waals surface area contributed by atoms with E-state index < -0.39 is 0 Å². The first-order valence-corrected chi connectivity index (χ1v) is 6.12. The highest BCUT2D eigenvalue weighted by Crippen LogP contribution is 2.12. The van der Waals surface area contributed by atoms with Gasteiger partial charge < -0.3 is 15.3 Å². The second-order valence-electron chi connectivity index (χ2n) is 4.61. The van der Waals surface area contributed by atoms with Crippen LogP contribution >= 0.6 is 0 Å². The number of benzene rings is 1. The number of rotatable bonds is 4. The summed E-state index contributed by atoms with van der Waals surface area (Å²) in [6, 6.07) is 8.27. The summed E-state index contributed by atoms with van der Waals surface area (Å²) in [5.74, 6) is 0. The Hall–Kier alpha value is -1.10. The first-order chi connectivity index (χ1) is 8.28. The molecular weight excluding hydrogens is 214 g/mol. The van der Waals surface area contributed by atoms with Gasteiger partial charge in [-0.05, 0) is 24.7 Å². The van der Waals surface area contributed by atoms with Crippen molar-refractivity contribution in [2.24, 2.45) is 0 Å². The van der Waals surface area contributed by atoms with Crippen LogP contribution in [0.2, 0.25) is 0 Å². The Morgan fingerprint density at radius 3 is 2.35 bits per heavy atom. The van der Waals surface area contributed by atoms with E-state index in [0.29, 0.717) is 0 Å². The molecule has 0 bridgehead atoms. The third kappa shape index (κ3) is 3.70. The lowest BCUT2D eigenvalue weighted by molar-refractivity contribution is 0.148. The predicted molar refractivity (Wildman–Crippen MR) is 69.9 cm³/mol. The van der Waals surface area contributed by atoms with Gasteiger partial charge in [0.25, 0.3) is 0 Å². The Morgan fingerprint density at radius 2 is 1.76 bits per heavy atom. The quantitative estimate of drug-likeness (QED) is 0.757. The number of nitrogens with zero attached hydrogens (tertiary/aromatic N) is 2. The van der Waals surface area contributed by atoms with E-state index in [0.717, 1.165) is 38.4 Å². The Morgan fingerprint density at radius 1 is 1.12 bits per heavy atom. The molecule has 0 radical (unpaired) electrons. The molecule has 94 valence electrons. The topological polar surface area (TPSA) is 38.7 Å². The third-order valence-corrected chi connectivity index (χ3v) is 3.24. The molecule has 1 aromatic carbocycles. The van der Waals surface area contributed by atoms with E-state index in [-0.39, 0.29) is 6.73 Å². The first-order valence-electron chi connectivity index (χ1n) is 6.12. The maximum atomic E-state index is 8.75. The van der Waals surface area contributed by atoms with Crippen LogP contribution in [0.1, 0.15) is 5.56 Å². The van der Waals surface area contributed by atoms with E-state index in [1.807, 2.05) is 12.1 Å². The Kier molecular flexibility index (Phi) is 4.36. The fourth-order valence-corrected chi connectivity index (χ4v) is 2.08. The molecule has 1 aromatic rings. The normalized spacial score (nSPS) is 18.2. The minimum absolute atomic E-state index is 0.0161. The molecule has 1 heterocycles. The zero-order valence-corrected chi connectivity index (χ0v) is 10.4. The smallest absolute Gasteiger partial charge is 0.113 e. The van der Waals surface area contributed by atoms with Crippen molar-refractivity contribution in [3.8, 4) is 0 Å². The van der Waals surface area contributed by atoms with Crippen molar-refractivity contribution in [3.63, 3.8) is 0 Å². The van der Waals surface area contributed by atoms with Crippen LogP contribution in [0.15, 0.2) is 24.3 Å². The summed E-state index contributed by atoms with van der Waals surface area (Å²) in [5.41, 5.74) is 2.30. The fraction of sp³-hybridized carbons (Fsp3) is 0.538. The molecule has 0 atom stereocenters. The molecule has 0 saturated carbocycles. The molecule has 1 aliphatic heterocycles. The van der Waals surface area contributed by atoms with Crippen molar-refractivity contribution in [3.05, 3.63) is 29.8 Å². The molecule has 1 fully saturated rings. The van der Waals surface area contributed by atoms with Crippen molar-refractivity contribution >= 4 is 5.69 Å². The second-order valence-corrected chi connectivity index (χ2v) is 4.61. The monoisotopic (exact) mass is 235 g/mol. The van der Waals surface area contributed by atoms with Crippen LogP contribution in [-0.2, 0) is 6.54 Å². The summed E-state index contributed by atoms with van der Waals surface area (Å²) in [4.78, 5) is 4.85. The van der Waals surface area contributed by atoms with Gasteiger partial charge in [0, 0.05) is 38.4 Å². The molecule has 0 spiro atoms. The largest absolute Gasteiger partial charge is 0.377 e. The maximum Gasteiger partial charge on any atom is 0.113 e. The molecule has 4 heteroatoms. The van der Waals surface area contributed by atoms with Gasteiger partial charge in [0.15, 0.2) is 0 Å². The average molecular weight is 235 g/mol. The molecule has 0 aromatic heterocycles. The van der Waals surface area contributed by atoms with Crippen LogP contribution in [0, 0.1) is 0 Å². The van der Waals surface area contributed by atoms with E-state index in [1.54, 1.807) is 0 Å². The van der Waals surface area contributed by atoms with E-state index in [2.05, 4.69) is 34.3 Å². The number of hydrogen-bond donors (Lipinski definition) is 2. The minimum atomic E-state index is -0.0161. The number of aliphatic hydroxyl groups is 1. The molecular formula is C13H21N3O. The van der Waals surface area contributed by atoms with Crippen molar-refractivity contribution in [2.45, 2.75) is 6.54 Å². The summed E-state index contributed by atoms with van der Waals surface area (Å²) < 4.78 is 0. The molecule has 1 saturated heterocycles. The molecule has 2 rings (SSSR count). The number of nitrogens with one attached hydrogen (secondary N) is 1. The van der Waals surface area contributed by atoms with Crippen LogP contribution in [0.5, 0.6) is 0 Å². The van der Waals surface area contributed by atoms with Crippen LogP contribution in [0.4, 0.5) is 5.69 Å². The maximum absolute atomic E-state index is 8.75.